The van der Waals surface area contributed by atoms with Gasteiger partial charge in [-0.2, -0.15) is 0 Å². The Labute approximate surface area is 118 Å². The van der Waals surface area contributed by atoms with E-state index < -0.39 is 0 Å². The van der Waals surface area contributed by atoms with Crippen LogP contribution in [0.25, 0.3) is 0 Å². The quantitative estimate of drug-likeness (QED) is 0.750. The highest BCUT2D eigenvalue weighted by atomic mass is 16.2. The molecule has 0 aromatic rings. The monoisotopic (exact) mass is 279 g/mol. The van der Waals surface area contributed by atoms with E-state index in [0.717, 1.165) is 25.7 Å². The summed E-state index contributed by atoms with van der Waals surface area (Å²) >= 11 is 0. The maximum absolute atomic E-state index is 12.5. The van der Waals surface area contributed by atoms with Gasteiger partial charge in [0.25, 0.3) is 0 Å². The predicted molar refractivity (Wildman–Crippen MR) is 71.6 cm³/mol. The van der Waals surface area contributed by atoms with E-state index in [-0.39, 0.29) is 29.7 Å². The lowest BCUT2D eigenvalue weighted by atomic mass is 9.97. The summed E-state index contributed by atoms with van der Waals surface area (Å²) in [5.41, 5.74) is 0. The molecule has 110 valence electrons. The SMILES string of the molecule is O=C1CCC(C(=O)N2CCCC2C(=O)NC2CC2)CN1. The van der Waals surface area contributed by atoms with Crippen molar-refractivity contribution in [3.8, 4) is 0 Å². The number of nitrogens with one attached hydrogen (secondary N) is 2. The van der Waals surface area contributed by atoms with Crippen molar-refractivity contribution in [2.75, 3.05) is 13.1 Å². The predicted octanol–water partition coefficient (Wildman–Crippen LogP) is -0.218. The minimum atomic E-state index is -0.305. The molecule has 2 aliphatic heterocycles. The Kier molecular flexibility index (Phi) is 3.63. The second kappa shape index (κ2) is 5.42. The van der Waals surface area contributed by atoms with E-state index in [4.69, 9.17) is 0 Å². The first-order valence-electron chi connectivity index (χ1n) is 7.52. The smallest absolute Gasteiger partial charge is 0.243 e. The van der Waals surface area contributed by atoms with Crippen molar-refractivity contribution < 1.29 is 14.4 Å². The van der Waals surface area contributed by atoms with Gasteiger partial charge < -0.3 is 15.5 Å². The highest BCUT2D eigenvalue weighted by Gasteiger charge is 2.39. The van der Waals surface area contributed by atoms with Crippen LogP contribution in [0.4, 0.5) is 0 Å². The lowest BCUT2D eigenvalue weighted by molar-refractivity contribution is -0.143. The van der Waals surface area contributed by atoms with Crippen LogP contribution >= 0.6 is 0 Å². The van der Waals surface area contributed by atoms with E-state index in [9.17, 15) is 14.4 Å². The molecule has 2 saturated heterocycles. The van der Waals surface area contributed by atoms with Crippen LogP contribution in [0.2, 0.25) is 0 Å². The van der Waals surface area contributed by atoms with Crippen LogP contribution in [-0.2, 0) is 14.4 Å². The van der Waals surface area contributed by atoms with Crippen LogP contribution in [0, 0.1) is 5.92 Å². The largest absolute Gasteiger partial charge is 0.355 e. The molecule has 0 aromatic carbocycles. The molecule has 2 heterocycles. The molecular formula is C14H21N3O3. The van der Waals surface area contributed by atoms with Crippen molar-refractivity contribution in [3.05, 3.63) is 0 Å². The summed E-state index contributed by atoms with van der Waals surface area (Å²) in [4.78, 5) is 37.6. The van der Waals surface area contributed by atoms with Gasteiger partial charge in [0, 0.05) is 25.6 Å². The summed E-state index contributed by atoms with van der Waals surface area (Å²) in [6, 6.07) is 0.0229. The number of hydrogen-bond donors (Lipinski definition) is 2. The topological polar surface area (TPSA) is 78.5 Å². The zero-order chi connectivity index (χ0) is 14.1. The molecule has 3 amide bonds. The van der Waals surface area contributed by atoms with E-state index in [1.807, 2.05) is 0 Å². The van der Waals surface area contributed by atoms with Crippen molar-refractivity contribution in [3.63, 3.8) is 0 Å². The lowest BCUT2D eigenvalue weighted by Gasteiger charge is -2.30. The van der Waals surface area contributed by atoms with Gasteiger partial charge in [0.05, 0.1) is 5.92 Å². The average Bonchev–Trinajstić information content (AvgIpc) is 3.11. The van der Waals surface area contributed by atoms with Gasteiger partial charge in [-0.05, 0) is 32.1 Å². The minimum Gasteiger partial charge on any atom is -0.355 e. The van der Waals surface area contributed by atoms with E-state index in [0.29, 0.717) is 32.0 Å². The molecule has 0 spiro atoms. The fourth-order valence-corrected chi connectivity index (χ4v) is 3.01. The zero-order valence-electron chi connectivity index (χ0n) is 11.6. The van der Waals surface area contributed by atoms with Crippen LogP contribution in [-0.4, -0.2) is 47.8 Å². The minimum absolute atomic E-state index is 0.00167. The summed E-state index contributed by atoms with van der Waals surface area (Å²) in [7, 11) is 0. The van der Waals surface area contributed by atoms with Crippen molar-refractivity contribution in [2.45, 2.75) is 50.6 Å². The van der Waals surface area contributed by atoms with E-state index in [2.05, 4.69) is 10.6 Å². The normalized spacial score (nSPS) is 30.0. The highest BCUT2D eigenvalue weighted by Crippen LogP contribution is 2.25. The van der Waals surface area contributed by atoms with E-state index in [1.54, 1.807) is 4.90 Å². The Morgan fingerprint density at radius 1 is 1.20 bits per heavy atom. The van der Waals surface area contributed by atoms with Gasteiger partial charge in [0.2, 0.25) is 17.7 Å². The molecule has 1 saturated carbocycles. The molecule has 6 nitrogen and oxygen atoms in total. The molecule has 3 rings (SSSR count). The molecule has 3 fully saturated rings. The molecule has 2 unspecified atom stereocenters. The Morgan fingerprint density at radius 3 is 2.65 bits per heavy atom. The van der Waals surface area contributed by atoms with Crippen molar-refractivity contribution >= 4 is 17.7 Å². The maximum Gasteiger partial charge on any atom is 0.243 e. The number of carbonyl (C=O) groups excluding carboxylic acids is 3. The summed E-state index contributed by atoms with van der Waals surface area (Å²) in [6.07, 6.45) is 4.75. The number of carbonyl (C=O) groups is 3. The summed E-state index contributed by atoms with van der Waals surface area (Å²) < 4.78 is 0. The van der Waals surface area contributed by atoms with E-state index >= 15 is 0 Å². The number of hydrogen-bond acceptors (Lipinski definition) is 3. The molecule has 0 aromatic heterocycles. The number of likely N-dealkylation sites (tertiary alicyclic amines) is 1. The fraction of sp³-hybridized carbons (Fsp3) is 0.786. The van der Waals surface area contributed by atoms with Gasteiger partial charge in [-0.25, -0.2) is 0 Å². The second-order valence-electron chi connectivity index (χ2n) is 6.01. The van der Waals surface area contributed by atoms with Gasteiger partial charge in [0.1, 0.15) is 6.04 Å². The van der Waals surface area contributed by atoms with Gasteiger partial charge in [-0.3, -0.25) is 14.4 Å². The Hall–Kier alpha value is -1.59. The van der Waals surface area contributed by atoms with Gasteiger partial charge >= 0.3 is 0 Å². The summed E-state index contributed by atoms with van der Waals surface area (Å²) in [5, 5.41) is 5.72. The molecule has 1 aliphatic carbocycles. The van der Waals surface area contributed by atoms with Crippen LogP contribution < -0.4 is 10.6 Å². The van der Waals surface area contributed by atoms with Crippen molar-refractivity contribution in [1.82, 2.24) is 15.5 Å². The lowest BCUT2D eigenvalue weighted by Crippen LogP contribution is -2.51. The standard InChI is InChI=1S/C14H21N3O3/c18-12-6-3-9(8-15-12)14(20)17-7-1-2-11(17)13(19)16-10-4-5-10/h9-11H,1-8H2,(H,15,18)(H,16,19). The average molecular weight is 279 g/mol. The summed E-state index contributed by atoms with van der Waals surface area (Å²) in [6.45, 7) is 1.07. The Bertz CT molecular complexity index is 423. The van der Waals surface area contributed by atoms with Crippen molar-refractivity contribution in [1.29, 1.82) is 0 Å². The molecular weight excluding hydrogens is 258 g/mol. The molecule has 20 heavy (non-hydrogen) atoms. The van der Waals surface area contributed by atoms with Gasteiger partial charge in [-0.15, -0.1) is 0 Å². The number of rotatable bonds is 3. The van der Waals surface area contributed by atoms with Crippen LogP contribution in [0.5, 0.6) is 0 Å². The van der Waals surface area contributed by atoms with Gasteiger partial charge in [-0.1, -0.05) is 0 Å². The van der Waals surface area contributed by atoms with Gasteiger partial charge in [0.15, 0.2) is 0 Å². The molecule has 0 bridgehead atoms. The molecule has 2 N–H and O–H groups in total. The first-order valence-corrected chi connectivity index (χ1v) is 7.52. The second-order valence-corrected chi connectivity index (χ2v) is 6.01. The number of piperidine rings is 1. The molecule has 3 aliphatic rings. The summed E-state index contributed by atoms with van der Waals surface area (Å²) in [5.74, 6) is -0.128. The van der Waals surface area contributed by atoms with Crippen LogP contribution in [0.15, 0.2) is 0 Å². The third kappa shape index (κ3) is 2.78. The third-order valence-electron chi connectivity index (χ3n) is 4.38. The van der Waals surface area contributed by atoms with Crippen LogP contribution in [0.3, 0.4) is 0 Å². The number of nitrogens with zero attached hydrogens (tertiary/aromatic N) is 1. The van der Waals surface area contributed by atoms with E-state index in [1.165, 1.54) is 0 Å². The molecule has 2 atom stereocenters. The third-order valence-corrected chi connectivity index (χ3v) is 4.38. The van der Waals surface area contributed by atoms with Crippen LogP contribution in [0.1, 0.15) is 38.5 Å². The fourth-order valence-electron chi connectivity index (χ4n) is 3.01. The maximum atomic E-state index is 12.5. The Balaban J connectivity index is 1.60. The first-order chi connectivity index (χ1) is 9.65. The molecule has 0 radical (unpaired) electrons. The zero-order valence-corrected chi connectivity index (χ0v) is 11.6. The van der Waals surface area contributed by atoms with Crippen molar-refractivity contribution in [2.24, 2.45) is 5.92 Å². The Morgan fingerprint density at radius 2 is 2.00 bits per heavy atom. The molecule has 6 heteroatoms. The first kappa shape index (κ1) is 13.4. The highest BCUT2D eigenvalue weighted by molar-refractivity contribution is 5.90. The number of amides is 3.